The molecule has 0 amide bonds. The van der Waals surface area contributed by atoms with Crippen molar-refractivity contribution in [2.75, 3.05) is 0 Å². The number of alkyl halides is 1. The van der Waals surface area contributed by atoms with Crippen molar-refractivity contribution in [1.29, 1.82) is 0 Å². The highest BCUT2D eigenvalue weighted by atomic mass is 35.5. The monoisotopic (exact) mass is 258 g/mol. The third-order valence-corrected chi connectivity index (χ3v) is 6.05. The predicted octanol–water partition coefficient (Wildman–Crippen LogP) is 3.01. The third-order valence-electron chi connectivity index (χ3n) is 3.09. The van der Waals surface area contributed by atoms with Crippen LogP contribution in [0.4, 0.5) is 0 Å². The molecule has 16 heavy (non-hydrogen) atoms. The van der Waals surface area contributed by atoms with Crippen LogP contribution in [-0.2, 0) is 9.84 Å². The minimum Gasteiger partial charge on any atom is -0.223 e. The summed E-state index contributed by atoms with van der Waals surface area (Å²) in [4.78, 5) is 0.396. The smallest absolute Gasteiger partial charge is 0.182 e. The van der Waals surface area contributed by atoms with Crippen LogP contribution >= 0.6 is 11.6 Å². The van der Waals surface area contributed by atoms with Crippen molar-refractivity contribution in [2.45, 2.75) is 41.2 Å². The quantitative estimate of drug-likeness (QED) is 0.765. The molecule has 0 radical (unpaired) electrons. The molecule has 1 aromatic rings. The third kappa shape index (κ3) is 2.25. The molecule has 1 aliphatic carbocycles. The number of hydrogen-bond acceptors (Lipinski definition) is 2. The summed E-state index contributed by atoms with van der Waals surface area (Å²) in [5, 5.41) is -0.649. The van der Waals surface area contributed by atoms with Crippen LogP contribution in [0.5, 0.6) is 0 Å². The summed E-state index contributed by atoms with van der Waals surface area (Å²) in [5.41, 5.74) is 0. The van der Waals surface area contributed by atoms with Gasteiger partial charge in [0, 0.05) is 0 Å². The minimum absolute atomic E-state index is 0.237. The fourth-order valence-corrected chi connectivity index (χ4v) is 4.76. The molecule has 0 aliphatic heterocycles. The summed E-state index contributed by atoms with van der Waals surface area (Å²) in [7, 11) is -3.24. The fourth-order valence-electron chi connectivity index (χ4n) is 2.19. The molecular formula is C12H15ClO2S. The van der Waals surface area contributed by atoms with Crippen LogP contribution in [0.25, 0.3) is 0 Å². The normalized spacial score (nSPS) is 26.6. The first-order valence-corrected chi connectivity index (χ1v) is 7.53. The van der Waals surface area contributed by atoms with E-state index in [-0.39, 0.29) is 5.38 Å². The summed E-state index contributed by atoms with van der Waals surface area (Å²) >= 11 is 6.14. The van der Waals surface area contributed by atoms with Crippen molar-refractivity contribution in [1.82, 2.24) is 0 Å². The molecule has 1 aromatic carbocycles. The Morgan fingerprint density at radius 1 is 1.06 bits per heavy atom. The summed E-state index contributed by atoms with van der Waals surface area (Å²) in [5.74, 6) is 0. The number of rotatable bonds is 2. The van der Waals surface area contributed by atoms with E-state index >= 15 is 0 Å². The standard InChI is InChI=1S/C12H15ClO2S/c13-11-8-4-5-9-12(11)16(14,15)10-6-2-1-3-7-10/h1-3,6-7,11-12H,4-5,8-9H2/t11-,12+/m0/s1. The van der Waals surface area contributed by atoms with Crippen molar-refractivity contribution in [3.63, 3.8) is 0 Å². The van der Waals surface area contributed by atoms with Crippen molar-refractivity contribution in [3.05, 3.63) is 30.3 Å². The molecule has 0 saturated heterocycles. The summed E-state index contributed by atoms with van der Waals surface area (Å²) in [6.45, 7) is 0. The highest BCUT2D eigenvalue weighted by Crippen LogP contribution is 2.31. The van der Waals surface area contributed by atoms with Gasteiger partial charge in [0.15, 0.2) is 9.84 Å². The van der Waals surface area contributed by atoms with Crippen LogP contribution < -0.4 is 0 Å². The van der Waals surface area contributed by atoms with E-state index in [1.54, 1.807) is 24.3 Å². The number of halogens is 1. The van der Waals surface area contributed by atoms with Crippen LogP contribution in [0.1, 0.15) is 25.7 Å². The SMILES string of the molecule is O=S(=O)(c1ccccc1)[C@@H]1CCCC[C@@H]1Cl. The first-order chi connectivity index (χ1) is 7.62. The summed E-state index contributed by atoms with van der Waals surface area (Å²) in [6, 6.07) is 8.61. The lowest BCUT2D eigenvalue weighted by molar-refractivity contribution is 0.489. The second-order valence-corrected chi connectivity index (χ2v) is 6.92. The predicted molar refractivity (Wildman–Crippen MR) is 65.5 cm³/mol. The van der Waals surface area contributed by atoms with Crippen molar-refractivity contribution in [3.8, 4) is 0 Å². The second kappa shape index (κ2) is 4.76. The molecule has 0 heterocycles. The largest absolute Gasteiger partial charge is 0.223 e. The van der Waals surface area contributed by atoms with E-state index < -0.39 is 15.1 Å². The van der Waals surface area contributed by atoms with Crippen molar-refractivity contribution < 1.29 is 8.42 Å². The molecule has 4 heteroatoms. The lowest BCUT2D eigenvalue weighted by Crippen LogP contribution is -2.33. The van der Waals surface area contributed by atoms with E-state index in [1.807, 2.05) is 6.07 Å². The number of sulfone groups is 1. The van der Waals surface area contributed by atoms with Crippen LogP contribution in [0.3, 0.4) is 0 Å². The van der Waals surface area contributed by atoms with Gasteiger partial charge < -0.3 is 0 Å². The van der Waals surface area contributed by atoms with Crippen LogP contribution in [-0.4, -0.2) is 19.0 Å². The van der Waals surface area contributed by atoms with E-state index in [0.29, 0.717) is 11.3 Å². The molecule has 0 aromatic heterocycles. The fraction of sp³-hybridized carbons (Fsp3) is 0.500. The van der Waals surface area contributed by atoms with Gasteiger partial charge in [-0.1, -0.05) is 31.0 Å². The number of hydrogen-bond donors (Lipinski definition) is 0. The van der Waals surface area contributed by atoms with E-state index in [4.69, 9.17) is 11.6 Å². The molecule has 0 N–H and O–H groups in total. The Morgan fingerprint density at radius 3 is 2.31 bits per heavy atom. The van der Waals surface area contributed by atoms with Crippen molar-refractivity contribution in [2.24, 2.45) is 0 Å². The molecule has 1 fully saturated rings. The van der Waals surface area contributed by atoms with Gasteiger partial charge in [-0.15, -0.1) is 11.6 Å². The Balaban J connectivity index is 2.32. The number of benzene rings is 1. The maximum atomic E-state index is 12.3. The first kappa shape index (κ1) is 11.9. The van der Waals surface area contributed by atoms with Gasteiger partial charge in [0.2, 0.25) is 0 Å². The average Bonchev–Trinajstić information content (AvgIpc) is 2.30. The van der Waals surface area contributed by atoms with Crippen molar-refractivity contribution >= 4 is 21.4 Å². The maximum absolute atomic E-state index is 12.3. The van der Waals surface area contributed by atoms with E-state index in [1.165, 1.54) is 0 Å². The van der Waals surface area contributed by atoms with E-state index in [9.17, 15) is 8.42 Å². The maximum Gasteiger partial charge on any atom is 0.182 e. The van der Waals surface area contributed by atoms with Gasteiger partial charge in [0.05, 0.1) is 15.5 Å². The Bertz CT molecular complexity index is 441. The van der Waals surface area contributed by atoms with Crippen LogP contribution in [0.2, 0.25) is 0 Å². The van der Waals surface area contributed by atoms with Gasteiger partial charge in [-0.05, 0) is 25.0 Å². The lowest BCUT2D eigenvalue weighted by atomic mass is 10.00. The van der Waals surface area contributed by atoms with Gasteiger partial charge >= 0.3 is 0 Å². The molecule has 1 saturated carbocycles. The molecule has 2 rings (SSSR count). The minimum atomic E-state index is -3.24. The van der Waals surface area contributed by atoms with E-state index in [2.05, 4.69) is 0 Å². The Labute approximate surface area is 102 Å². The van der Waals surface area contributed by atoms with Gasteiger partial charge in [-0.25, -0.2) is 8.42 Å². The topological polar surface area (TPSA) is 34.1 Å². The van der Waals surface area contributed by atoms with Crippen LogP contribution in [0, 0.1) is 0 Å². The van der Waals surface area contributed by atoms with Gasteiger partial charge in [0.1, 0.15) is 0 Å². The molecule has 2 atom stereocenters. The zero-order valence-corrected chi connectivity index (χ0v) is 10.5. The molecule has 0 spiro atoms. The highest BCUT2D eigenvalue weighted by Gasteiger charge is 2.35. The van der Waals surface area contributed by atoms with Gasteiger partial charge in [-0.3, -0.25) is 0 Å². The molecule has 0 unspecified atom stereocenters. The Hall–Kier alpha value is -0.540. The molecule has 88 valence electrons. The highest BCUT2D eigenvalue weighted by molar-refractivity contribution is 7.92. The molecule has 0 bridgehead atoms. The average molecular weight is 259 g/mol. The Kier molecular flexibility index (Phi) is 3.55. The zero-order valence-electron chi connectivity index (χ0n) is 8.97. The summed E-state index contributed by atoms with van der Waals surface area (Å²) < 4.78 is 24.6. The van der Waals surface area contributed by atoms with Gasteiger partial charge in [-0.2, -0.15) is 0 Å². The molecule has 2 nitrogen and oxygen atoms in total. The first-order valence-electron chi connectivity index (χ1n) is 5.55. The zero-order chi connectivity index (χ0) is 11.6. The molecular weight excluding hydrogens is 244 g/mol. The second-order valence-electron chi connectivity index (χ2n) is 4.20. The van der Waals surface area contributed by atoms with E-state index in [0.717, 1.165) is 19.3 Å². The Morgan fingerprint density at radius 2 is 1.69 bits per heavy atom. The van der Waals surface area contributed by atoms with Crippen LogP contribution in [0.15, 0.2) is 35.2 Å². The molecule has 1 aliphatic rings. The lowest BCUT2D eigenvalue weighted by Gasteiger charge is -2.26. The van der Waals surface area contributed by atoms with Gasteiger partial charge in [0.25, 0.3) is 0 Å². The summed E-state index contributed by atoms with van der Waals surface area (Å²) in [6.07, 6.45) is 3.48.